The minimum atomic E-state index is 0.149. The highest BCUT2D eigenvalue weighted by molar-refractivity contribution is 5.93. The Morgan fingerprint density at radius 3 is 2.25 bits per heavy atom. The molecule has 1 aromatic rings. The van der Waals surface area contributed by atoms with Crippen molar-refractivity contribution in [3.63, 3.8) is 0 Å². The van der Waals surface area contributed by atoms with E-state index in [2.05, 4.69) is 0 Å². The second-order valence-corrected chi connectivity index (χ2v) is 4.08. The molecular formula is C13H20N2O. The van der Waals surface area contributed by atoms with Crippen molar-refractivity contribution in [2.45, 2.75) is 39.8 Å². The molecule has 0 bridgehead atoms. The van der Waals surface area contributed by atoms with Gasteiger partial charge in [0.05, 0.1) is 0 Å². The zero-order valence-corrected chi connectivity index (χ0v) is 10.2. The smallest absolute Gasteiger partial charge is 0.226 e. The molecule has 0 fully saturated rings. The van der Waals surface area contributed by atoms with Gasteiger partial charge in [-0.15, -0.1) is 0 Å². The molecule has 0 unspecified atom stereocenters. The molecule has 16 heavy (non-hydrogen) atoms. The molecule has 0 aliphatic heterocycles. The molecule has 3 nitrogen and oxygen atoms in total. The van der Waals surface area contributed by atoms with Gasteiger partial charge in [0.1, 0.15) is 0 Å². The van der Waals surface area contributed by atoms with E-state index in [4.69, 9.17) is 5.73 Å². The Bertz CT molecular complexity index is 343. The van der Waals surface area contributed by atoms with Crippen LogP contribution < -0.4 is 10.6 Å². The van der Waals surface area contributed by atoms with Crippen LogP contribution >= 0.6 is 0 Å². The summed E-state index contributed by atoms with van der Waals surface area (Å²) in [7, 11) is 0. The fourth-order valence-corrected chi connectivity index (χ4v) is 1.69. The van der Waals surface area contributed by atoms with Crippen LogP contribution in [0.1, 0.15) is 32.8 Å². The Morgan fingerprint density at radius 1 is 1.31 bits per heavy atom. The lowest BCUT2D eigenvalue weighted by molar-refractivity contribution is -0.118. The number of nitrogens with zero attached hydrogens (tertiary/aromatic N) is 1. The van der Waals surface area contributed by atoms with Crippen LogP contribution in [-0.4, -0.2) is 11.9 Å². The van der Waals surface area contributed by atoms with Gasteiger partial charge in [-0.1, -0.05) is 19.1 Å². The fourth-order valence-electron chi connectivity index (χ4n) is 1.69. The van der Waals surface area contributed by atoms with Crippen LogP contribution in [0, 0.1) is 0 Å². The van der Waals surface area contributed by atoms with Crippen LogP contribution in [0.15, 0.2) is 24.3 Å². The first kappa shape index (κ1) is 12.7. The third-order valence-electron chi connectivity index (χ3n) is 2.54. The Balaban J connectivity index is 2.97. The lowest BCUT2D eigenvalue weighted by Crippen LogP contribution is -2.36. The maximum atomic E-state index is 11.8. The summed E-state index contributed by atoms with van der Waals surface area (Å²) in [6.45, 7) is 6.45. The second kappa shape index (κ2) is 5.66. The van der Waals surface area contributed by atoms with E-state index in [-0.39, 0.29) is 11.9 Å². The second-order valence-electron chi connectivity index (χ2n) is 4.08. The van der Waals surface area contributed by atoms with Gasteiger partial charge >= 0.3 is 0 Å². The zero-order valence-electron chi connectivity index (χ0n) is 10.2. The van der Waals surface area contributed by atoms with Crippen LogP contribution in [0.5, 0.6) is 0 Å². The van der Waals surface area contributed by atoms with Crippen molar-refractivity contribution in [2.75, 3.05) is 4.90 Å². The molecule has 0 radical (unpaired) electrons. The van der Waals surface area contributed by atoms with Crippen molar-refractivity contribution < 1.29 is 4.79 Å². The number of carbonyl (C=O) groups excluding carboxylic acids is 1. The van der Waals surface area contributed by atoms with E-state index in [0.29, 0.717) is 13.0 Å². The molecule has 1 aromatic carbocycles. The minimum Gasteiger partial charge on any atom is -0.326 e. The average molecular weight is 220 g/mol. The van der Waals surface area contributed by atoms with Crippen molar-refractivity contribution in [2.24, 2.45) is 5.73 Å². The molecule has 0 heterocycles. The maximum Gasteiger partial charge on any atom is 0.226 e. The molecule has 0 aliphatic rings. The van der Waals surface area contributed by atoms with E-state index in [1.54, 1.807) is 0 Å². The van der Waals surface area contributed by atoms with Crippen molar-refractivity contribution in [3.05, 3.63) is 29.8 Å². The van der Waals surface area contributed by atoms with E-state index >= 15 is 0 Å². The maximum absolute atomic E-state index is 11.8. The van der Waals surface area contributed by atoms with Gasteiger partial charge in [0, 0.05) is 24.7 Å². The molecule has 0 aromatic heterocycles. The van der Waals surface area contributed by atoms with Gasteiger partial charge in [0.2, 0.25) is 5.91 Å². The summed E-state index contributed by atoms with van der Waals surface area (Å²) >= 11 is 0. The van der Waals surface area contributed by atoms with E-state index in [0.717, 1.165) is 11.3 Å². The number of rotatable bonds is 4. The molecule has 0 aliphatic carbocycles. The number of carbonyl (C=O) groups is 1. The fraction of sp³-hybridized carbons (Fsp3) is 0.462. The number of benzene rings is 1. The van der Waals surface area contributed by atoms with Gasteiger partial charge in [-0.3, -0.25) is 4.79 Å². The van der Waals surface area contributed by atoms with Crippen LogP contribution in [0.3, 0.4) is 0 Å². The third kappa shape index (κ3) is 2.83. The molecule has 2 N–H and O–H groups in total. The number of hydrogen-bond acceptors (Lipinski definition) is 2. The summed E-state index contributed by atoms with van der Waals surface area (Å²) in [5, 5.41) is 0. The van der Waals surface area contributed by atoms with Gasteiger partial charge in [-0.25, -0.2) is 0 Å². The number of anilines is 1. The third-order valence-corrected chi connectivity index (χ3v) is 2.54. The van der Waals surface area contributed by atoms with Crippen molar-refractivity contribution in [3.8, 4) is 0 Å². The minimum absolute atomic E-state index is 0.149. The molecule has 3 heteroatoms. The van der Waals surface area contributed by atoms with Crippen LogP contribution in [0.2, 0.25) is 0 Å². The summed E-state index contributed by atoms with van der Waals surface area (Å²) in [4.78, 5) is 13.6. The Morgan fingerprint density at radius 2 is 1.88 bits per heavy atom. The predicted octanol–water partition coefficient (Wildman–Crippen LogP) is 2.30. The monoisotopic (exact) mass is 220 g/mol. The predicted molar refractivity (Wildman–Crippen MR) is 67.2 cm³/mol. The summed E-state index contributed by atoms with van der Waals surface area (Å²) in [6, 6.07) is 8.02. The normalized spacial score (nSPS) is 10.6. The lowest BCUT2D eigenvalue weighted by atomic mass is 10.1. The van der Waals surface area contributed by atoms with E-state index in [1.807, 2.05) is 49.9 Å². The average Bonchev–Trinajstić information content (AvgIpc) is 2.29. The number of amides is 1. The highest BCUT2D eigenvalue weighted by Gasteiger charge is 2.16. The first-order chi connectivity index (χ1) is 7.60. The van der Waals surface area contributed by atoms with Crippen LogP contribution in [0.4, 0.5) is 5.69 Å². The van der Waals surface area contributed by atoms with Crippen molar-refractivity contribution >= 4 is 11.6 Å². The summed E-state index contributed by atoms with van der Waals surface area (Å²) < 4.78 is 0. The van der Waals surface area contributed by atoms with Crippen molar-refractivity contribution in [1.82, 2.24) is 0 Å². The Kier molecular flexibility index (Phi) is 4.50. The molecule has 0 saturated heterocycles. The first-order valence-electron chi connectivity index (χ1n) is 5.71. The topological polar surface area (TPSA) is 46.3 Å². The molecule has 0 saturated carbocycles. The molecular weight excluding hydrogens is 200 g/mol. The molecule has 88 valence electrons. The van der Waals surface area contributed by atoms with Crippen LogP contribution in [-0.2, 0) is 11.3 Å². The SMILES string of the molecule is CCC(=O)N(c1ccc(CN)cc1)C(C)C. The quantitative estimate of drug-likeness (QED) is 0.846. The standard InChI is InChI=1S/C13H20N2O/c1-4-13(16)15(10(2)3)12-7-5-11(9-14)6-8-12/h5-8,10H,4,9,14H2,1-3H3. The van der Waals surface area contributed by atoms with Gasteiger partial charge in [0.15, 0.2) is 0 Å². The molecule has 1 amide bonds. The number of hydrogen-bond donors (Lipinski definition) is 1. The highest BCUT2D eigenvalue weighted by Crippen LogP contribution is 2.18. The Hall–Kier alpha value is -1.35. The molecule has 0 atom stereocenters. The first-order valence-corrected chi connectivity index (χ1v) is 5.71. The van der Waals surface area contributed by atoms with Crippen LogP contribution in [0.25, 0.3) is 0 Å². The van der Waals surface area contributed by atoms with E-state index in [9.17, 15) is 4.79 Å². The van der Waals surface area contributed by atoms with Gasteiger partial charge in [-0.2, -0.15) is 0 Å². The van der Waals surface area contributed by atoms with Crippen molar-refractivity contribution in [1.29, 1.82) is 0 Å². The Labute approximate surface area is 97.2 Å². The van der Waals surface area contributed by atoms with Gasteiger partial charge < -0.3 is 10.6 Å². The summed E-state index contributed by atoms with van der Waals surface area (Å²) in [5.74, 6) is 0.149. The van der Waals surface area contributed by atoms with Gasteiger partial charge in [0.25, 0.3) is 0 Å². The summed E-state index contributed by atoms with van der Waals surface area (Å²) in [5.41, 5.74) is 7.56. The molecule has 0 spiro atoms. The highest BCUT2D eigenvalue weighted by atomic mass is 16.2. The number of nitrogens with two attached hydrogens (primary N) is 1. The van der Waals surface area contributed by atoms with E-state index in [1.165, 1.54) is 0 Å². The largest absolute Gasteiger partial charge is 0.326 e. The summed E-state index contributed by atoms with van der Waals surface area (Å²) in [6.07, 6.45) is 0.525. The lowest BCUT2D eigenvalue weighted by Gasteiger charge is -2.26. The molecule has 1 rings (SSSR count). The van der Waals surface area contributed by atoms with Gasteiger partial charge in [-0.05, 0) is 31.5 Å². The zero-order chi connectivity index (χ0) is 12.1. The van der Waals surface area contributed by atoms with E-state index < -0.39 is 0 Å².